The lowest BCUT2D eigenvalue weighted by molar-refractivity contribution is -0.121. The summed E-state index contributed by atoms with van der Waals surface area (Å²) in [5.74, 6) is 1.04. The zero-order valence-corrected chi connectivity index (χ0v) is 13.8. The van der Waals surface area contributed by atoms with Crippen LogP contribution >= 0.6 is 11.3 Å². The summed E-state index contributed by atoms with van der Waals surface area (Å²) in [5.41, 5.74) is 2.48. The third kappa shape index (κ3) is 6.31. The molecule has 2 rings (SSSR count). The Labute approximate surface area is 136 Å². The standard InChI is InChI=1S/C18H23NO2S/c1-15-4-7-17(8-5-15)21-12-3-2-11-19-18(20)9-6-16-10-13-22-14-16/h4-5,7-8,10,13-14H,2-3,6,9,11-12H2,1H3,(H,19,20). The topological polar surface area (TPSA) is 38.3 Å². The molecule has 0 radical (unpaired) electrons. The zero-order chi connectivity index (χ0) is 15.6. The van der Waals surface area contributed by atoms with Crippen molar-refractivity contribution in [1.29, 1.82) is 0 Å². The number of carbonyl (C=O) groups is 1. The Kier molecular flexibility index (Phi) is 6.97. The van der Waals surface area contributed by atoms with Crippen LogP contribution in [0.2, 0.25) is 0 Å². The van der Waals surface area contributed by atoms with Gasteiger partial charge in [0.25, 0.3) is 0 Å². The maximum atomic E-state index is 11.7. The lowest BCUT2D eigenvalue weighted by atomic mass is 10.2. The van der Waals surface area contributed by atoms with Crippen LogP contribution in [0.15, 0.2) is 41.1 Å². The summed E-state index contributed by atoms with van der Waals surface area (Å²) in [6.07, 6.45) is 3.28. The smallest absolute Gasteiger partial charge is 0.220 e. The predicted molar refractivity (Wildman–Crippen MR) is 91.6 cm³/mol. The van der Waals surface area contributed by atoms with Crippen LogP contribution < -0.4 is 10.1 Å². The normalized spacial score (nSPS) is 10.4. The van der Waals surface area contributed by atoms with Crippen LogP contribution in [0, 0.1) is 6.92 Å². The SMILES string of the molecule is Cc1ccc(OCCCCNC(=O)CCc2ccsc2)cc1. The Balaban J connectivity index is 1.48. The first-order valence-electron chi connectivity index (χ1n) is 7.71. The molecule has 0 aliphatic heterocycles. The van der Waals surface area contributed by atoms with Crippen molar-refractivity contribution in [1.82, 2.24) is 5.32 Å². The van der Waals surface area contributed by atoms with Crippen molar-refractivity contribution in [2.75, 3.05) is 13.2 Å². The zero-order valence-electron chi connectivity index (χ0n) is 13.0. The van der Waals surface area contributed by atoms with Gasteiger partial charge in [-0.3, -0.25) is 4.79 Å². The molecule has 1 N–H and O–H groups in total. The van der Waals surface area contributed by atoms with Crippen LogP contribution in [0.25, 0.3) is 0 Å². The maximum absolute atomic E-state index is 11.7. The lowest BCUT2D eigenvalue weighted by Gasteiger charge is -2.07. The molecule has 0 fully saturated rings. The van der Waals surface area contributed by atoms with Crippen LogP contribution in [-0.4, -0.2) is 19.1 Å². The highest BCUT2D eigenvalue weighted by molar-refractivity contribution is 7.07. The fraction of sp³-hybridized carbons (Fsp3) is 0.389. The van der Waals surface area contributed by atoms with Gasteiger partial charge in [0.05, 0.1) is 6.61 Å². The van der Waals surface area contributed by atoms with E-state index in [1.807, 2.05) is 29.6 Å². The van der Waals surface area contributed by atoms with Crippen molar-refractivity contribution in [2.45, 2.75) is 32.6 Å². The van der Waals surface area contributed by atoms with Gasteiger partial charge >= 0.3 is 0 Å². The van der Waals surface area contributed by atoms with Gasteiger partial charge in [0, 0.05) is 13.0 Å². The number of rotatable bonds is 9. The van der Waals surface area contributed by atoms with E-state index in [-0.39, 0.29) is 5.91 Å². The molecule has 2 aromatic rings. The minimum Gasteiger partial charge on any atom is -0.494 e. The Morgan fingerprint density at radius 1 is 1.18 bits per heavy atom. The van der Waals surface area contributed by atoms with Gasteiger partial charge in [-0.15, -0.1) is 0 Å². The predicted octanol–water partition coefficient (Wildman–Crippen LogP) is 3.96. The first kappa shape index (κ1) is 16.6. The van der Waals surface area contributed by atoms with Crippen molar-refractivity contribution < 1.29 is 9.53 Å². The van der Waals surface area contributed by atoms with Gasteiger partial charge < -0.3 is 10.1 Å². The minimum atomic E-state index is 0.130. The maximum Gasteiger partial charge on any atom is 0.220 e. The second-order valence-corrected chi connectivity index (χ2v) is 6.13. The van der Waals surface area contributed by atoms with Crippen molar-refractivity contribution in [3.63, 3.8) is 0 Å². The first-order valence-corrected chi connectivity index (χ1v) is 8.65. The molecule has 0 atom stereocenters. The molecule has 1 aromatic carbocycles. The lowest BCUT2D eigenvalue weighted by Crippen LogP contribution is -2.24. The van der Waals surface area contributed by atoms with E-state index in [1.165, 1.54) is 11.1 Å². The molecule has 1 amide bonds. The number of hydrogen-bond acceptors (Lipinski definition) is 3. The van der Waals surface area contributed by atoms with Gasteiger partial charge in [0.15, 0.2) is 0 Å². The molecular formula is C18H23NO2S. The molecule has 0 aliphatic rings. The number of benzene rings is 1. The second-order valence-electron chi connectivity index (χ2n) is 5.35. The average molecular weight is 317 g/mol. The van der Waals surface area contributed by atoms with Gasteiger partial charge in [-0.05, 0) is 60.7 Å². The Morgan fingerprint density at radius 3 is 2.73 bits per heavy atom. The van der Waals surface area contributed by atoms with Crippen LogP contribution in [-0.2, 0) is 11.2 Å². The summed E-state index contributed by atoms with van der Waals surface area (Å²) in [6.45, 7) is 3.47. The van der Waals surface area contributed by atoms with E-state index in [4.69, 9.17) is 4.74 Å². The fourth-order valence-electron chi connectivity index (χ4n) is 2.06. The van der Waals surface area contributed by atoms with Crippen molar-refractivity contribution in [3.05, 3.63) is 52.2 Å². The summed E-state index contributed by atoms with van der Waals surface area (Å²) in [5, 5.41) is 7.10. The number of carbonyl (C=O) groups excluding carboxylic acids is 1. The second kappa shape index (κ2) is 9.26. The fourth-order valence-corrected chi connectivity index (χ4v) is 2.76. The third-order valence-corrected chi connectivity index (χ3v) is 4.14. The molecule has 118 valence electrons. The quantitative estimate of drug-likeness (QED) is 0.711. The largest absolute Gasteiger partial charge is 0.494 e. The van der Waals surface area contributed by atoms with E-state index >= 15 is 0 Å². The summed E-state index contributed by atoms with van der Waals surface area (Å²) in [7, 11) is 0. The van der Waals surface area contributed by atoms with Gasteiger partial charge in [0.1, 0.15) is 5.75 Å². The Hall–Kier alpha value is -1.81. The number of amides is 1. The number of ether oxygens (including phenoxy) is 1. The monoisotopic (exact) mass is 317 g/mol. The van der Waals surface area contributed by atoms with Gasteiger partial charge in [0.2, 0.25) is 5.91 Å². The highest BCUT2D eigenvalue weighted by atomic mass is 32.1. The molecule has 1 heterocycles. The van der Waals surface area contributed by atoms with E-state index < -0.39 is 0 Å². The summed E-state index contributed by atoms with van der Waals surface area (Å²) in [4.78, 5) is 11.7. The molecule has 0 aliphatic carbocycles. The molecule has 22 heavy (non-hydrogen) atoms. The molecular weight excluding hydrogens is 294 g/mol. The highest BCUT2D eigenvalue weighted by Crippen LogP contribution is 2.11. The summed E-state index contributed by atoms with van der Waals surface area (Å²) < 4.78 is 5.65. The van der Waals surface area contributed by atoms with Crippen molar-refractivity contribution >= 4 is 17.2 Å². The molecule has 1 aromatic heterocycles. The van der Waals surface area contributed by atoms with Crippen LogP contribution in [0.3, 0.4) is 0 Å². The summed E-state index contributed by atoms with van der Waals surface area (Å²) >= 11 is 1.67. The van der Waals surface area contributed by atoms with Crippen LogP contribution in [0.4, 0.5) is 0 Å². The Bertz CT molecular complexity index is 549. The van der Waals surface area contributed by atoms with E-state index in [0.717, 1.165) is 31.6 Å². The molecule has 0 bridgehead atoms. The van der Waals surface area contributed by atoms with Crippen molar-refractivity contribution in [2.24, 2.45) is 0 Å². The first-order chi connectivity index (χ1) is 10.7. The number of thiophene rings is 1. The molecule has 0 spiro atoms. The van der Waals surface area contributed by atoms with Gasteiger partial charge in [-0.25, -0.2) is 0 Å². The Morgan fingerprint density at radius 2 is 2.00 bits per heavy atom. The number of unbranched alkanes of at least 4 members (excludes halogenated alkanes) is 1. The minimum absolute atomic E-state index is 0.130. The number of hydrogen-bond donors (Lipinski definition) is 1. The van der Waals surface area contributed by atoms with Gasteiger partial charge in [-0.2, -0.15) is 11.3 Å². The molecule has 0 unspecified atom stereocenters. The van der Waals surface area contributed by atoms with E-state index in [2.05, 4.69) is 23.7 Å². The molecule has 0 saturated carbocycles. The van der Waals surface area contributed by atoms with E-state index in [0.29, 0.717) is 13.0 Å². The molecule has 4 heteroatoms. The average Bonchev–Trinajstić information content (AvgIpc) is 3.04. The van der Waals surface area contributed by atoms with Crippen molar-refractivity contribution in [3.8, 4) is 5.75 Å². The van der Waals surface area contributed by atoms with E-state index in [9.17, 15) is 4.79 Å². The molecule has 3 nitrogen and oxygen atoms in total. The van der Waals surface area contributed by atoms with Crippen LogP contribution in [0.1, 0.15) is 30.4 Å². The molecule has 0 saturated heterocycles. The van der Waals surface area contributed by atoms with E-state index in [1.54, 1.807) is 11.3 Å². The number of nitrogens with one attached hydrogen (secondary N) is 1. The number of aryl methyl sites for hydroxylation is 2. The summed E-state index contributed by atoms with van der Waals surface area (Å²) in [6, 6.07) is 10.1. The van der Waals surface area contributed by atoms with Gasteiger partial charge in [-0.1, -0.05) is 17.7 Å². The van der Waals surface area contributed by atoms with Crippen LogP contribution in [0.5, 0.6) is 5.75 Å². The highest BCUT2D eigenvalue weighted by Gasteiger charge is 2.02. The third-order valence-electron chi connectivity index (χ3n) is 3.40.